The lowest BCUT2D eigenvalue weighted by Gasteiger charge is -2.08. The average Bonchev–Trinajstić information content (AvgIpc) is 2.44. The van der Waals surface area contributed by atoms with Gasteiger partial charge in [-0.1, -0.05) is 0 Å². The molecule has 0 aliphatic carbocycles. The third-order valence-electron chi connectivity index (χ3n) is 1.62. The first-order chi connectivity index (χ1) is 6.83. The molecule has 15 heavy (non-hydrogen) atoms. The molecule has 1 heterocycles. The zero-order valence-corrected chi connectivity index (χ0v) is 7.28. The molecule has 0 saturated carbocycles. The Balaban J connectivity index is 3.09. The smallest absolute Gasteiger partial charge is 0.406 e. The molecule has 0 atom stereocenters. The lowest BCUT2D eigenvalue weighted by atomic mass is 10.3. The predicted molar refractivity (Wildman–Crippen MR) is 42.8 cm³/mol. The molecule has 0 aliphatic rings. The van der Waals surface area contributed by atoms with Gasteiger partial charge in [0.2, 0.25) is 0 Å². The van der Waals surface area contributed by atoms with Crippen molar-refractivity contribution in [2.24, 2.45) is 0 Å². The van der Waals surface area contributed by atoms with E-state index in [1.165, 1.54) is 0 Å². The molecule has 0 fully saturated rings. The van der Waals surface area contributed by atoms with Crippen LogP contribution in [0.25, 0.3) is 0 Å². The number of halogens is 3. The van der Waals surface area contributed by atoms with Gasteiger partial charge in [0.1, 0.15) is 12.2 Å². The van der Waals surface area contributed by atoms with Crippen LogP contribution in [0.4, 0.5) is 13.2 Å². The number of nitrogens with zero attached hydrogens (tertiary/aromatic N) is 1. The molecule has 0 unspecified atom stereocenters. The summed E-state index contributed by atoms with van der Waals surface area (Å²) < 4.78 is 36.5. The quantitative estimate of drug-likeness (QED) is 0.788. The van der Waals surface area contributed by atoms with Crippen molar-refractivity contribution in [3.05, 3.63) is 23.5 Å². The van der Waals surface area contributed by atoms with E-state index >= 15 is 0 Å². The van der Waals surface area contributed by atoms with Crippen molar-refractivity contribution in [3.63, 3.8) is 0 Å². The zero-order chi connectivity index (χ0) is 11.6. The SMILES string of the molecule is O=Cc1cc(C(=O)O)n(CC(F)(F)F)c1. The second kappa shape index (κ2) is 3.76. The molecule has 0 spiro atoms. The van der Waals surface area contributed by atoms with Crippen LogP contribution in [0.1, 0.15) is 20.8 Å². The molecule has 7 heteroatoms. The van der Waals surface area contributed by atoms with Gasteiger partial charge in [-0.2, -0.15) is 13.2 Å². The number of carbonyl (C=O) groups is 2. The fourth-order valence-electron chi connectivity index (χ4n) is 1.10. The summed E-state index contributed by atoms with van der Waals surface area (Å²) in [5.74, 6) is -1.51. The molecular formula is C8H6F3NO3. The number of aromatic carboxylic acids is 1. The maximum Gasteiger partial charge on any atom is 0.406 e. The van der Waals surface area contributed by atoms with Crippen molar-refractivity contribution in [2.75, 3.05) is 0 Å². The first-order valence-corrected chi connectivity index (χ1v) is 3.79. The Bertz CT molecular complexity index is 394. The van der Waals surface area contributed by atoms with Gasteiger partial charge in [0.25, 0.3) is 0 Å². The summed E-state index contributed by atoms with van der Waals surface area (Å²) in [6.07, 6.45) is -3.38. The molecule has 1 N–H and O–H groups in total. The van der Waals surface area contributed by atoms with Gasteiger partial charge in [0.15, 0.2) is 6.29 Å². The van der Waals surface area contributed by atoms with Crippen LogP contribution in [0.2, 0.25) is 0 Å². The standard InChI is InChI=1S/C8H6F3NO3/c9-8(10,11)4-12-2-5(3-13)1-6(12)7(14)15/h1-3H,4H2,(H,14,15). The number of carbonyl (C=O) groups excluding carboxylic acids is 1. The van der Waals surface area contributed by atoms with E-state index in [0.29, 0.717) is 10.9 Å². The minimum Gasteiger partial charge on any atom is -0.477 e. The first kappa shape index (κ1) is 11.3. The number of carboxylic acid groups (broad SMARTS) is 1. The van der Waals surface area contributed by atoms with Gasteiger partial charge in [-0.05, 0) is 6.07 Å². The van der Waals surface area contributed by atoms with Crippen molar-refractivity contribution in [1.82, 2.24) is 4.57 Å². The maximum absolute atomic E-state index is 12.0. The van der Waals surface area contributed by atoms with Gasteiger partial charge in [0.05, 0.1) is 0 Å². The summed E-state index contributed by atoms with van der Waals surface area (Å²) in [7, 11) is 0. The van der Waals surface area contributed by atoms with E-state index in [2.05, 4.69) is 0 Å². The topological polar surface area (TPSA) is 59.3 Å². The fourth-order valence-corrected chi connectivity index (χ4v) is 1.10. The normalized spacial score (nSPS) is 11.4. The Morgan fingerprint density at radius 1 is 1.53 bits per heavy atom. The molecule has 0 aliphatic heterocycles. The Morgan fingerprint density at radius 2 is 2.13 bits per heavy atom. The summed E-state index contributed by atoms with van der Waals surface area (Å²) in [6.45, 7) is -1.43. The van der Waals surface area contributed by atoms with Crippen LogP contribution < -0.4 is 0 Å². The van der Waals surface area contributed by atoms with Crippen LogP contribution in [-0.2, 0) is 6.54 Å². The van der Waals surface area contributed by atoms with E-state index in [1.807, 2.05) is 0 Å². The molecule has 82 valence electrons. The Morgan fingerprint density at radius 3 is 2.53 bits per heavy atom. The van der Waals surface area contributed by atoms with Crippen molar-refractivity contribution >= 4 is 12.3 Å². The van der Waals surface area contributed by atoms with E-state index < -0.39 is 24.4 Å². The molecule has 0 aromatic carbocycles. The minimum absolute atomic E-state index is 0.100. The number of rotatable bonds is 3. The number of aldehydes is 1. The van der Waals surface area contributed by atoms with E-state index in [-0.39, 0.29) is 5.56 Å². The molecular weight excluding hydrogens is 215 g/mol. The van der Waals surface area contributed by atoms with Gasteiger partial charge in [0, 0.05) is 11.8 Å². The zero-order valence-electron chi connectivity index (χ0n) is 7.28. The Labute approximate surface area is 81.9 Å². The maximum atomic E-state index is 12.0. The Kier molecular flexibility index (Phi) is 2.83. The highest BCUT2D eigenvalue weighted by molar-refractivity contribution is 5.89. The van der Waals surface area contributed by atoms with Crippen LogP contribution in [-0.4, -0.2) is 28.1 Å². The van der Waals surface area contributed by atoms with E-state index in [0.717, 1.165) is 12.3 Å². The monoisotopic (exact) mass is 221 g/mol. The summed E-state index contributed by atoms with van der Waals surface area (Å²) >= 11 is 0. The lowest BCUT2D eigenvalue weighted by molar-refractivity contribution is -0.140. The van der Waals surface area contributed by atoms with Gasteiger partial charge in [-0.25, -0.2) is 4.79 Å². The van der Waals surface area contributed by atoms with Crippen LogP contribution in [0.15, 0.2) is 12.3 Å². The van der Waals surface area contributed by atoms with Crippen molar-refractivity contribution < 1.29 is 27.9 Å². The summed E-state index contributed by atoms with van der Waals surface area (Å²) in [5.41, 5.74) is -0.661. The van der Waals surface area contributed by atoms with E-state index in [4.69, 9.17) is 5.11 Å². The molecule has 0 bridgehead atoms. The third-order valence-corrected chi connectivity index (χ3v) is 1.62. The predicted octanol–water partition coefficient (Wildman–Crippen LogP) is 1.56. The molecule has 1 aromatic rings. The number of aromatic nitrogens is 1. The van der Waals surface area contributed by atoms with Gasteiger partial charge in [-0.15, -0.1) is 0 Å². The summed E-state index contributed by atoms with van der Waals surface area (Å²) in [5, 5.41) is 8.57. The van der Waals surface area contributed by atoms with Crippen molar-refractivity contribution in [3.8, 4) is 0 Å². The van der Waals surface area contributed by atoms with Crippen molar-refractivity contribution in [1.29, 1.82) is 0 Å². The highest BCUT2D eigenvalue weighted by Gasteiger charge is 2.30. The fraction of sp³-hybridized carbons (Fsp3) is 0.250. The lowest BCUT2D eigenvalue weighted by Crippen LogP contribution is -2.20. The summed E-state index contributed by atoms with van der Waals surface area (Å²) in [4.78, 5) is 20.8. The summed E-state index contributed by atoms with van der Waals surface area (Å²) in [6, 6.07) is 0.890. The number of carboxylic acids is 1. The van der Waals surface area contributed by atoms with Crippen LogP contribution in [0.3, 0.4) is 0 Å². The van der Waals surface area contributed by atoms with Gasteiger partial charge < -0.3 is 9.67 Å². The van der Waals surface area contributed by atoms with Gasteiger partial charge >= 0.3 is 12.1 Å². The minimum atomic E-state index is -4.52. The highest BCUT2D eigenvalue weighted by atomic mass is 19.4. The van der Waals surface area contributed by atoms with Crippen LogP contribution in [0, 0.1) is 0 Å². The molecule has 0 saturated heterocycles. The third kappa shape index (κ3) is 2.83. The average molecular weight is 221 g/mol. The second-order valence-corrected chi connectivity index (χ2v) is 2.82. The Hall–Kier alpha value is -1.79. The number of alkyl halides is 3. The van der Waals surface area contributed by atoms with Crippen molar-refractivity contribution in [2.45, 2.75) is 12.7 Å². The van der Waals surface area contributed by atoms with Gasteiger partial charge in [-0.3, -0.25) is 4.79 Å². The largest absolute Gasteiger partial charge is 0.477 e. The molecule has 1 rings (SSSR count). The van der Waals surface area contributed by atoms with E-state index in [1.54, 1.807) is 0 Å². The molecule has 1 aromatic heterocycles. The highest BCUT2D eigenvalue weighted by Crippen LogP contribution is 2.20. The molecule has 0 radical (unpaired) electrons. The molecule has 4 nitrogen and oxygen atoms in total. The molecule has 0 amide bonds. The second-order valence-electron chi connectivity index (χ2n) is 2.82. The first-order valence-electron chi connectivity index (χ1n) is 3.79. The van der Waals surface area contributed by atoms with Crippen LogP contribution >= 0.6 is 0 Å². The van der Waals surface area contributed by atoms with E-state index in [9.17, 15) is 22.8 Å². The number of hydrogen-bond acceptors (Lipinski definition) is 2. The van der Waals surface area contributed by atoms with Crippen LogP contribution in [0.5, 0.6) is 0 Å². The number of hydrogen-bond donors (Lipinski definition) is 1.